The largest absolute Gasteiger partial charge is 0.406 e. The average molecular weight is 323 g/mol. The minimum Gasteiger partial charge on any atom is -0.302 e. The summed E-state index contributed by atoms with van der Waals surface area (Å²) in [6.45, 7) is 0.965. The lowest BCUT2D eigenvalue weighted by atomic mass is 9.65. The number of alkyl halides is 3. The summed E-state index contributed by atoms with van der Waals surface area (Å²) in [5.74, 6) is 0.737. The van der Waals surface area contributed by atoms with Gasteiger partial charge in [-0.25, -0.2) is 0 Å². The third-order valence-corrected chi connectivity index (χ3v) is 5.90. The van der Waals surface area contributed by atoms with Crippen LogP contribution in [0.4, 0.5) is 18.9 Å². The van der Waals surface area contributed by atoms with Crippen LogP contribution in [0.5, 0.6) is 0 Å². The maximum absolute atomic E-state index is 12.9. The first-order valence-electron chi connectivity index (χ1n) is 8.39. The molecule has 0 aromatic heterocycles. The van der Waals surface area contributed by atoms with Crippen molar-refractivity contribution >= 4 is 11.6 Å². The standard InChI is InChI=1S/C18H20F3NO/c1-2-11-8-13(11)12-4-5-14-15(9-12)22(10-18(19,20)21)16(23)17(14)6-3-7-17/h4-5,9,11,13H,2-3,6-8,10H2,1H3/t11-,13-/m0/s1. The molecule has 1 aliphatic heterocycles. The summed E-state index contributed by atoms with van der Waals surface area (Å²) in [5.41, 5.74) is 1.74. The number of benzene rings is 1. The quantitative estimate of drug-likeness (QED) is 0.800. The third-order valence-electron chi connectivity index (χ3n) is 5.90. The van der Waals surface area contributed by atoms with Gasteiger partial charge in [-0.05, 0) is 48.3 Å². The number of anilines is 1. The fraction of sp³-hybridized carbons (Fsp3) is 0.611. The Labute approximate surface area is 133 Å². The summed E-state index contributed by atoms with van der Waals surface area (Å²) >= 11 is 0. The zero-order valence-corrected chi connectivity index (χ0v) is 13.1. The number of hydrogen-bond donors (Lipinski definition) is 0. The van der Waals surface area contributed by atoms with E-state index in [1.54, 1.807) is 0 Å². The zero-order chi connectivity index (χ0) is 16.4. The Kier molecular flexibility index (Phi) is 3.10. The van der Waals surface area contributed by atoms with E-state index in [9.17, 15) is 18.0 Å². The van der Waals surface area contributed by atoms with Crippen LogP contribution in [-0.4, -0.2) is 18.6 Å². The molecule has 1 aromatic carbocycles. The molecular formula is C18H20F3NO. The molecule has 0 unspecified atom stereocenters. The van der Waals surface area contributed by atoms with Gasteiger partial charge in [0.25, 0.3) is 0 Å². The summed E-state index contributed by atoms with van der Waals surface area (Å²) in [7, 11) is 0. The van der Waals surface area contributed by atoms with Crippen molar-refractivity contribution in [3.8, 4) is 0 Å². The van der Waals surface area contributed by atoms with Crippen molar-refractivity contribution in [1.29, 1.82) is 0 Å². The lowest BCUT2D eigenvalue weighted by Crippen LogP contribution is -2.47. The van der Waals surface area contributed by atoms with Crippen LogP contribution >= 0.6 is 0 Å². The van der Waals surface area contributed by atoms with E-state index < -0.39 is 18.1 Å². The highest BCUT2D eigenvalue weighted by molar-refractivity contribution is 6.09. The molecule has 2 nitrogen and oxygen atoms in total. The molecule has 2 saturated carbocycles. The van der Waals surface area contributed by atoms with E-state index in [4.69, 9.17) is 0 Å². The van der Waals surface area contributed by atoms with Gasteiger partial charge in [0.2, 0.25) is 5.91 Å². The summed E-state index contributed by atoms with van der Waals surface area (Å²) in [6.07, 6.45) is 0.0860. The van der Waals surface area contributed by atoms with Gasteiger partial charge in [-0.3, -0.25) is 4.79 Å². The minimum atomic E-state index is -4.37. The molecule has 1 spiro atoms. The van der Waals surface area contributed by atoms with E-state index >= 15 is 0 Å². The van der Waals surface area contributed by atoms with Crippen molar-refractivity contribution in [2.45, 2.75) is 56.5 Å². The number of rotatable bonds is 3. The van der Waals surface area contributed by atoms with Crippen molar-refractivity contribution < 1.29 is 18.0 Å². The van der Waals surface area contributed by atoms with Crippen LogP contribution in [0.1, 0.15) is 56.1 Å². The van der Waals surface area contributed by atoms with Crippen molar-refractivity contribution in [3.63, 3.8) is 0 Å². The molecule has 4 rings (SSSR count). The van der Waals surface area contributed by atoms with Crippen LogP contribution in [0.3, 0.4) is 0 Å². The Bertz CT molecular complexity index is 663. The van der Waals surface area contributed by atoms with Gasteiger partial charge in [-0.1, -0.05) is 31.9 Å². The fourth-order valence-corrected chi connectivity index (χ4v) is 4.35. The smallest absolute Gasteiger partial charge is 0.302 e. The van der Waals surface area contributed by atoms with Crippen LogP contribution in [0, 0.1) is 5.92 Å². The SMILES string of the molecule is CC[C@H]1C[C@@H]1c1ccc2c(c1)N(CC(F)(F)F)C(=O)C21CCC1. The summed E-state index contributed by atoms with van der Waals surface area (Å²) in [6, 6.07) is 5.80. The molecule has 1 heterocycles. The number of nitrogens with zero attached hydrogens (tertiary/aromatic N) is 1. The Morgan fingerprint density at radius 3 is 2.57 bits per heavy atom. The van der Waals surface area contributed by atoms with Gasteiger partial charge in [0.1, 0.15) is 6.54 Å². The van der Waals surface area contributed by atoms with Gasteiger partial charge in [0.05, 0.1) is 5.41 Å². The van der Waals surface area contributed by atoms with E-state index in [-0.39, 0.29) is 5.91 Å². The molecule has 1 amide bonds. The normalized spacial score (nSPS) is 28.0. The number of hydrogen-bond acceptors (Lipinski definition) is 1. The number of fused-ring (bicyclic) bond motifs is 2. The first-order chi connectivity index (χ1) is 10.9. The molecule has 0 bridgehead atoms. The van der Waals surface area contributed by atoms with Crippen molar-refractivity contribution in [2.75, 3.05) is 11.4 Å². The average Bonchev–Trinajstić information content (AvgIpc) is 3.18. The molecule has 23 heavy (non-hydrogen) atoms. The van der Waals surface area contributed by atoms with Gasteiger partial charge in [-0.2, -0.15) is 13.2 Å². The highest BCUT2D eigenvalue weighted by Gasteiger charge is 2.56. The van der Waals surface area contributed by atoms with E-state index in [1.165, 1.54) is 0 Å². The predicted octanol–water partition coefficient (Wildman–Crippen LogP) is 4.53. The topological polar surface area (TPSA) is 20.3 Å². The highest BCUT2D eigenvalue weighted by Crippen LogP contribution is 2.56. The summed E-state index contributed by atoms with van der Waals surface area (Å²) in [4.78, 5) is 13.7. The van der Waals surface area contributed by atoms with Crippen LogP contribution in [0.25, 0.3) is 0 Å². The van der Waals surface area contributed by atoms with Crippen LogP contribution in [0.2, 0.25) is 0 Å². The second kappa shape index (κ2) is 4.74. The molecule has 3 aliphatic rings. The van der Waals surface area contributed by atoms with Gasteiger partial charge < -0.3 is 4.90 Å². The summed E-state index contributed by atoms with van der Waals surface area (Å²) < 4.78 is 38.8. The number of carbonyl (C=O) groups excluding carboxylic acids is 1. The second-order valence-electron chi connectivity index (χ2n) is 7.23. The zero-order valence-electron chi connectivity index (χ0n) is 13.1. The molecule has 5 heteroatoms. The van der Waals surface area contributed by atoms with Gasteiger partial charge in [0, 0.05) is 5.69 Å². The first-order valence-corrected chi connectivity index (χ1v) is 8.39. The van der Waals surface area contributed by atoms with E-state index in [0.717, 1.165) is 35.3 Å². The van der Waals surface area contributed by atoms with Crippen LogP contribution < -0.4 is 4.90 Å². The lowest BCUT2D eigenvalue weighted by molar-refractivity contribution is -0.136. The maximum Gasteiger partial charge on any atom is 0.406 e. The minimum absolute atomic E-state index is 0.351. The molecule has 2 atom stereocenters. The van der Waals surface area contributed by atoms with Gasteiger partial charge in [0.15, 0.2) is 0 Å². The third kappa shape index (κ3) is 2.19. The van der Waals surface area contributed by atoms with Crippen molar-refractivity contribution in [2.24, 2.45) is 5.92 Å². The van der Waals surface area contributed by atoms with Crippen LogP contribution in [-0.2, 0) is 10.2 Å². The fourth-order valence-electron chi connectivity index (χ4n) is 4.35. The van der Waals surface area contributed by atoms with E-state index in [2.05, 4.69) is 6.92 Å². The monoisotopic (exact) mass is 323 g/mol. The second-order valence-corrected chi connectivity index (χ2v) is 7.23. The Morgan fingerprint density at radius 2 is 2.04 bits per heavy atom. The maximum atomic E-state index is 12.9. The highest BCUT2D eigenvalue weighted by atomic mass is 19.4. The van der Waals surface area contributed by atoms with E-state index in [1.807, 2.05) is 18.2 Å². The number of carbonyl (C=O) groups is 1. The van der Waals surface area contributed by atoms with Crippen molar-refractivity contribution in [1.82, 2.24) is 0 Å². The predicted molar refractivity (Wildman–Crippen MR) is 81.5 cm³/mol. The molecule has 0 saturated heterocycles. The molecule has 2 fully saturated rings. The molecule has 2 aliphatic carbocycles. The van der Waals surface area contributed by atoms with Gasteiger partial charge in [-0.15, -0.1) is 0 Å². The Hall–Kier alpha value is -1.52. The van der Waals surface area contributed by atoms with Gasteiger partial charge >= 0.3 is 6.18 Å². The first kappa shape index (κ1) is 15.0. The molecule has 0 radical (unpaired) electrons. The molecule has 124 valence electrons. The molecule has 1 aromatic rings. The number of amides is 1. The van der Waals surface area contributed by atoms with E-state index in [0.29, 0.717) is 30.4 Å². The van der Waals surface area contributed by atoms with Crippen LogP contribution in [0.15, 0.2) is 18.2 Å². The molecular weight excluding hydrogens is 303 g/mol. The Balaban J connectivity index is 1.74. The Morgan fingerprint density at radius 1 is 1.30 bits per heavy atom. The number of halogens is 3. The molecule has 0 N–H and O–H groups in total. The summed E-state index contributed by atoms with van der Waals surface area (Å²) in [5, 5.41) is 0. The van der Waals surface area contributed by atoms with Crippen molar-refractivity contribution in [3.05, 3.63) is 29.3 Å². The lowest BCUT2D eigenvalue weighted by Gasteiger charge is -2.37.